The van der Waals surface area contributed by atoms with Gasteiger partial charge in [0.1, 0.15) is 0 Å². The molecule has 0 saturated heterocycles. The highest BCUT2D eigenvalue weighted by molar-refractivity contribution is 6.94. The van der Waals surface area contributed by atoms with Crippen molar-refractivity contribution in [1.29, 1.82) is 0 Å². The van der Waals surface area contributed by atoms with E-state index in [0.717, 1.165) is 24.7 Å². The molecule has 0 bridgehead atoms. The van der Waals surface area contributed by atoms with Gasteiger partial charge < -0.3 is 0 Å². The van der Waals surface area contributed by atoms with Crippen molar-refractivity contribution in [3.8, 4) is 0 Å². The molecule has 1 aliphatic carbocycles. The Morgan fingerprint density at radius 2 is 1.11 bits per heavy atom. The molecule has 28 heavy (non-hydrogen) atoms. The van der Waals surface area contributed by atoms with Gasteiger partial charge in [0.25, 0.3) is 0 Å². The van der Waals surface area contributed by atoms with E-state index >= 15 is 0 Å². The Morgan fingerprint density at radius 1 is 0.714 bits per heavy atom. The van der Waals surface area contributed by atoms with E-state index in [1.807, 2.05) is 0 Å². The van der Waals surface area contributed by atoms with Crippen LogP contribution in [0.3, 0.4) is 0 Å². The molecule has 156 valence electrons. The third kappa shape index (κ3) is 4.40. The average Bonchev–Trinajstić information content (AvgIpc) is 2.83. The molecule has 0 atom stereocenters. The summed E-state index contributed by atoms with van der Waals surface area (Å²) in [6.45, 7) is 24.0. The van der Waals surface area contributed by atoms with Crippen LogP contribution >= 0.6 is 0 Å². The van der Waals surface area contributed by atoms with Crippen molar-refractivity contribution < 1.29 is 0 Å². The molecule has 1 aromatic rings. The Balaban J connectivity index is 2.83. The van der Waals surface area contributed by atoms with E-state index in [1.54, 1.807) is 27.5 Å². The largest absolute Gasteiger partial charge is 0.0983 e. The number of hydrogen-bond donors (Lipinski definition) is 0. The van der Waals surface area contributed by atoms with Crippen LogP contribution in [0.2, 0.25) is 17.6 Å². The monoisotopic (exact) mass is 396 g/mol. The van der Waals surface area contributed by atoms with E-state index in [9.17, 15) is 0 Å². The van der Waals surface area contributed by atoms with Crippen LogP contribution in [0.1, 0.15) is 80.4 Å². The molecule has 1 aliphatic rings. The van der Waals surface area contributed by atoms with Crippen LogP contribution in [-0.2, 0) is 12.8 Å². The predicted octanol–water partition coefficient (Wildman–Crippen LogP) is 7.84. The Bertz CT molecular complexity index is 704. The van der Waals surface area contributed by atoms with Crippen molar-refractivity contribution in [2.24, 2.45) is 11.8 Å². The first kappa shape index (κ1) is 23.2. The SMILES string of the molecule is CCc1cc(CC)cc([Si](CC(C)C)(CC(C)C)C2C(C)=C(C)C(C)=C2C)c1. The maximum atomic E-state index is 2.61. The van der Waals surface area contributed by atoms with E-state index < -0.39 is 8.07 Å². The first-order valence-corrected chi connectivity index (χ1v) is 14.0. The quantitative estimate of drug-likeness (QED) is 0.393. The summed E-state index contributed by atoms with van der Waals surface area (Å²) >= 11 is 0. The van der Waals surface area contributed by atoms with E-state index in [2.05, 4.69) is 87.4 Å². The fraction of sp³-hybridized carbons (Fsp3) is 0.630. The molecule has 0 unspecified atom stereocenters. The Morgan fingerprint density at radius 3 is 1.43 bits per heavy atom. The highest BCUT2D eigenvalue weighted by atomic mass is 28.3. The van der Waals surface area contributed by atoms with Gasteiger partial charge in [0.2, 0.25) is 0 Å². The maximum absolute atomic E-state index is 2.61. The average molecular weight is 397 g/mol. The fourth-order valence-electron chi connectivity index (χ4n) is 5.81. The van der Waals surface area contributed by atoms with Crippen LogP contribution in [0.4, 0.5) is 0 Å². The molecular weight excluding hydrogens is 352 g/mol. The van der Waals surface area contributed by atoms with E-state index in [4.69, 9.17) is 0 Å². The second-order valence-corrected chi connectivity index (χ2v) is 14.4. The third-order valence-corrected chi connectivity index (χ3v) is 13.7. The second kappa shape index (κ2) is 9.16. The molecule has 0 N–H and O–H groups in total. The van der Waals surface area contributed by atoms with Gasteiger partial charge in [-0.2, -0.15) is 0 Å². The standard InChI is InChI=1S/C27H44Si/c1-11-24-13-25(12-2)15-26(14-24)28(16-18(3)4,17-19(5)6)27-22(9)20(7)21(8)23(27)10/h13-15,18-19,27H,11-12,16-17H2,1-10H3. The molecule has 0 fully saturated rings. The summed E-state index contributed by atoms with van der Waals surface area (Å²) in [5.41, 5.74) is 10.2. The molecule has 0 saturated carbocycles. The van der Waals surface area contributed by atoms with Gasteiger partial charge in [0, 0.05) is 5.54 Å². The number of aryl methyl sites for hydroxylation is 2. The molecule has 0 radical (unpaired) electrons. The van der Waals surface area contributed by atoms with Crippen LogP contribution in [0.15, 0.2) is 40.5 Å². The van der Waals surface area contributed by atoms with Gasteiger partial charge in [0.15, 0.2) is 0 Å². The molecular formula is C27H44Si. The minimum absolute atomic E-state index is 0.675. The zero-order chi connectivity index (χ0) is 21.2. The van der Waals surface area contributed by atoms with Gasteiger partial charge in [-0.15, -0.1) is 0 Å². The van der Waals surface area contributed by atoms with E-state index in [0.29, 0.717) is 5.54 Å². The Hall–Kier alpha value is -1.08. The molecule has 0 spiro atoms. The highest BCUT2D eigenvalue weighted by Gasteiger charge is 2.47. The van der Waals surface area contributed by atoms with Crippen LogP contribution in [0.5, 0.6) is 0 Å². The van der Waals surface area contributed by atoms with Crippen LogP contribution in [-0.4, -0.2) is 8.07 Å². The van der Waals surface area contributed by atoms with Gasteiger partial charge in [-0.25, -0.2) is 0 Å². The Labute approximate surface area is 176 Å². The second-order valence-electron chi connectivity index (χ2n) is 10.1. The number of rotatable bonds is 8. The third-order valence-electron chi connectivity index (χ3n) is 7.15. The van der Waals surface area contributed by atoms with E-state index in [1.165, 1.54) is 23.2 Å². The van der Waals surface area contributed by atoms with Crippen molar-refractivity contribution in [2.45, 2.75) is 99.7 Å². The Kier molecular flexibility index (Phi) is 7.59. The lowest BCUT2D eigenvalue weighted by atomic mass is 10.1. The van der Waals surface area contributed by atoms with Gasteiger partial charge in [-0.05, 0) is 74.6 Å². The van der Waals surface area contributed by atoms with Crippen molar-refractivity contribution in [2.75, 3.05) is 0 Å². The summed E-state index contributed by atoms with van der Waals surface area (Å²) in [6.07, 6.45) is 2.28. The fourth-order valence-corrected chi connectivity index (χ4v) is 13.2. The molecule has 2 rings (SSSR count). The van der Waals surface area contributed by atoms with Crippen LogP contribution < -0.4 is 5.19 Å². The zero-order valence-electron chi connectivity index (χ0n) is 20.3. The highest BCUT2D eigenvalue weighted by Crippen LogP contribution is 2.50. The number of benzene rings is 1. The van der Waals surface area contributed by atoms with Crippen molar-refractivity contribution in [3.05, 3.63) is 51.6 Å². The molecule has 0 heterocycles. The smallest absolute Gasteiger partial charge is 0.0653 e. The summed E-state index contributed by atoms with van der Waals surface area (Å²) in [5, 5.41) is 1.73. The molecule has 1 aromatic carbocycles. The molecule has 0 nitrogen and oxygen atoms in total. The zero-order valence-corrected chi connectivity index (χ0v) is 21.3. The minimum Gasteiger partial charge on any atom is -0.0653 e. The first-order valence-electron chi connectivity index (χ1n) is 11.6. The van der Waals surface area contributed by atoms with Gasteiger partial charge in [0.05, 0.1) is 8.07 Å². The topological polar surface area (TPSA) is 0 Å². The van der Waals surface area contributed by atoms with Gasteiger partial charge >= 0.3 is 0 Å². The summed E-state index contributed by atoms with van der Waals surface area (Å²) in [6, 6.07) is 10.5. The summed E-state index contributed by atoms with van der Waals surface area (Å²) in [4.78, 5) is 0. The normalized spacial score (nSPS) is 16.3. The van der Waals surface area contributed by atoms with E-state index in [-0.39, 0.29) is 0 Å². The van der Waals surface area contributed by atoms with Gasteiger partial charge in [-0.3, -0.25) is 0 Å². The molecule has 1 heteroatoms. The predicted molar refractivity (Wildman–Crippen MR) is 130 cm³/mol. The van der Waals surface area contributed by atoms with Crippen molar-refractivity contribution in [3.63, 3.8) is 0 Å². The molecule has 0 aromatic heterocycles. The van der Waals surface area contributed by atoms with Gasteiger partial charge in [-0.1, -0.05) is 88.2 Å². The van der Waals surface area contributed by atoms with Crippen LogP contribution in [0.25, 0.3) is 0 Å². The first-order chi connectivity index (χ1) is 13.1. The lowest BCUT2D eigenvalue weighted by Crippen LogP contribution is -2.54. The summed E-state index contributed by atoms with van der Waals surface area (Å²) in [5.74, 6) is 1.48. The van der Waals surface area contributed by atoms with Crippen molar-refractivity contribution in [1.82, 2.24) is 0 Å². The summed E-state index contributed by atoms with van der Waals surface area (Å²) < 4.78 is 0. The molecule has 0 amide bonds. The molecule has 0 aliphatic heterocycles. The lowest BCUT2D eigenvalue weighted by molar-refractivity contribution is 0.673. The summed E-state index contributed by atoms with van der Waals surface area (Å²) in [7, 11) is -1.79. The number of allylic oxidation sites excluding steroid dienone is 4. The van der Waals surface area contributed by atoms with Crippen molar-refractivity contribution >= 4 is 13.3 Å². The minimum atomic E-state index is -1.79. The number of hydrogen-bond acceptors (Lipinski definition) is 0. The lowest BCUT2D eigenvalue weighted by Gasteiger charge is -2.43. The maximum Gasteiger partial charge on any atom is 0.0983 e. The van der Waals surface area contributed by atoms with Crippen LogP contribution in [0, 0.1) is 11.8 Å².